The van der Waals surface area contributed by atoms with Crippen molar-refractivity contribution in [1.29, 1.82) is 0 Å². The summed E-state index contributed by atoms with van der Waals surface area (Å²) in [6.07, 6.45) is 4.36. The first-order chi connectivity index (χ1) is 13.1. The van der Waals surface area contributed by atoms with E-state index >= 15 is 0 Å². The van der Waals surface area contributed by atoms with Gasteiger partial charge in [0.15, 0.2) is 11.5 Å². The quantitative estimate of drug-likeness (QED) is 0.534. The van der Waals surface area contributed by atoms with E-state index in [4.69, 9.17) is 9.97 Å². The fourth-order valence-corrected chi connectivity index (χ4v) is 3.47. The van der Waals surface area contributed by atoms with Crippen LogP contribution in [0, 0.1) is 13.8 Å². The minimum absolute atomic E-state index is 0.133. The molecule has 0 amide bonds. The molecule has 0 aliphatic heterocycles. The minimum atomic E-state index is 0.133. The van der Waals surface area contributed by atoms with Crippen LogP contribution in [0.25, 0.3) is 27.6 Å². The highest BCUT2D eigenvalue weighted by atomic mass is 15.3. The van der Waals surface area contributed by atoms with Gasteiger partial charge in [0.25, 0.3) is 0 Å². The number of aromatic nitrogens is 7. The second kappa shape index (κ2) is 5.84. The minimum Gasteiger partial charge on any atom is -0.342 e. The summed E-state index contributed by atoms with van der Waals surface area (Å²) >= 11 is 0. The predicted molar refractivity (Wildman–Crippen MR) is 104 cm³/mol. The fraction of sp³-hybridized carbons (Fsp3) is 0.250. The number of benzene rings is 1. The van der Waals surface area contributed by atoms with Crippen molar-refractivity contribution in [2.45, 2.75) is 33.1 Å². The first-order valence-electron chi connectivity index (χ1n) is 9.01. The number of aryl methyl sites for hydroxylation is 2. The molecule has 4 heterocycles. The van der Waals surface area contributed by atoms with Gasteiger partial charge in [-0.2, -0.15) is 5.10 Å². The molecule has 0 fully saturated rings. The lowest BCUT2D eigenvalue weighted by Gasteiger charge is -2.03. The molecular weight excluding hydrogens is 338 g/mol. The lowest BCUT2D eigenvalue weighted by molar-refractivity contribution is 0.673. The van der Waals surface area contributed by atoms with Gasteiger partial charge >= 0.3 is 0 Å². The van der Waals surface area contributed by atoms with Crippen molar-refractivity contribution in [2.24, 2.45) is 0 Å². The standard InChI is InChI=1S/C20H19N7/c1-11(19-25-20-13(3)22-10-12(2)27(20)26-19)9-17-23-16-7-6-15-14(18(16)24-17)5-4-8-21-15/h4-8,10-11H,9H2,1-3H3,(H,23,24). The van der Waals surface area contributed by atoms with Gasteiger partial charge in [-0.3, -0.25) is 9.97 Å². The second-order valence-corrected chi connectivity index (χ2v) is 7.01. The van der Waals surface area contributed by atoms with E-state index in [2.05, 4.69) is 33.0 Å². The molecule has 0 bridgehead atoms. The fourth-order valence-electron chi connectivity index (χ4n) is 3.47. The first kappa shape index (κ1) is 15.9. The zero-order valence-electron chi connectivity index (χ0n) is 15.4. The number of nitrogens with one attached hydrogen (secondary N) is 1. The predicted octanol–water partition coefficient (Wildman–Crippen LogP) is 3.51. The van der Waals surface area contributed by atoms with Crippen LogP contribution in [-0.2, 0) is 6.42 Å². The maximum atomic E-state index is 4.83. The summed E-state index contributed by atoms with van der Waals surface area (Å²) in [6.45, 7) is 6.07. The van der Waals surface area contributed by atoms with E-state index in [1.165, 1.54) is 0 Å². The number of pyridine rings is 1. The summed E-state index contributed by atoms with van der Waals surface area (Å²) < 4.78 is 1.87. The van der Waals surface area contributed by atoms with Crippen LogP contribution in [0.1, 0.15) is 35.9 Å². The van der Waals surface area contributed by atoms with Crippen molar-refractivity contribution in [2.75, 3.05) is 0 Å². The average molecular weight is 357 g/mol. The molecule has 7 heteroatoms. The molecule has 0 saturated carbocycles. The van der Waals surface area contributed by atoms with E-state index in [1.54, 1.807) is 6.20 Å². The van der Waals surface area contributed by atoms with E-state index in [-0.39, 0.29) is 5.92 Å². The monoisotopic (exact) mass is 357 g/mol. The van der Waals surface area contributed by atoms with Crippen LogP contribution >= 0.6 is 0 Å². The Morgan fingerprint density at radius 2 is 2.00 bits per heavy atom. The molecular formula is C20H19N7. The van der Waals surface area contributed by atoms with Gasteiger partial charge in [0.05, 0.1) is 27.9 Å². The maximum Gasteiger partial charge on any atom is 0.177 e. The third-order valence-electron chi connectivity index (χ3n) is 4.95. The smallest absolute Gasteiger partial charge is 0.177 e. The first-order valence-corrected chi connectivity index (χ1v) is 9.01. The summed E-state index contributed by atoms with van der Waals surface area (Å²) in [5.74, 6) is 1.87. The zero-order chi connectivity index (χ0) is 18.5. The molecule has 1 N–H and O–H groups in total. The van der Waals surface area contributed by atoms with Crippen molar-refractivity contribution in [3.63, 3.8) is 0 Å². The highest BCUT2D eigenvalue weighted by Gasteiger charge is 2.17. The van der Waals surface area contributed by atoms with Gasteiger partial charge in [-0.15, -0.1) is 0 Å². The van der Waals surface area contributed by atoms with Gasteiger partial charge in [0.1, 0.15) is 5.82 Å². The Balaban J connectivity index is 1.52. The van der Waals surface area contributed by atoms with Crippen molar-refractivity contribution in [1.82, 2.24) is 34.5 Å². The van der Waals surface area contributed by atoms with Gasteiger partial charge in [-0.05, 0) is 38.1 Å². The Kier molecular flexibility index (Phi) is 3.43. The molecule has 0 aliphatic carbocycles. The summed E-state index contributed by atoms with van der Waals surface area (Å²) in [5.41, 5.74) is 5.62. The third kappa shape index (κ3) is 2.54. The molecule has 1 atom stereocenters. The van der Waals surface area contributed by atoms with E-state index < -0.39 is 0 Å². The van der Waals surface area contributed by atoms with Crippen molar-refractivity contribution in [3.8, 4) is 0 Å². The number of rotatable bonds is 3. The zero-order valence-corrected chi connectivity index (χ0v) is 15.4. The van der Waals surface area contributed by atoms with E-state index in [0.717, 1.165) is 57.0 Å². The maximum absolute atomic E-state index is 4.83. The average Bonchev–Trinajstić information content (AvgIpc) is 3.30. The highest BCUT2D eigenvalue weighted by Crippen LogP contribution is 2.24. The Hall–Kier alpha value is -3.35. The van der Waals surface area contributed by atoms with Gasteiger partial charge in [-0.1, -0.05) is 6.92 Å². The van der Waals surface area contributed by atoms with Crippen LogP contribution in [0.4, 0.5) is 0 Å². The summed E-state index contributed by atoms with van der Waals surface area (Å²) in [5, 5.41) is 5.75. The number of imidazole rings is 1. The van der Waals surface area contributed by atoms with Crippen LogP contribution < -0.4 is 0 Å². The number of nitrogens with zero attached hydrogens (tertiary/aromatic N) is 6. The number of hydrogen-bond donors (Lipinski definition) is 1. The summed E-state index contributed by atoms with van der Waals surface area (Å²) in [7, 11) is 0. The van der Waals surface area contributed by atoms with Crippen molar-refractivity contribution >= 4 is 27.6 Å². The van der Waals surface area contributed by atoms with E-state index in [1.807, 2.05) is 42.8 Å². The lowest BCUT2D eigenvalue weighted by atomic mass is 10.1. The van der Waals surface area contributed by atoms with Crippen LogP contribution in [0.2, 0.25) is 0 Å². The van der Waals surface area contributed by atoms with E-state index in [0.29, 0.717) is 0 Å². The number of fused-ring (bicyclic) bond motifs is 4. The Labute approximate surface area is 155 Å². The Morgan fingerprint density at radius 3 is 2.85 bits per heavy atom. The number of H-pyrrole nitrogens is 1. The lowest BCUT2D eigenvalue weighted by Crippen LogP contribution is -2.03. The molecule has 0 spiro atoms. The SMILES string of the molecule is Cc1ncc(C)n2nc(C(C)Cc3nc4c(ccc5ncccc54)[nH]3)nc12. The van der Waals surface area contributed by atoms with Crippen molar-refractivity contribution < 1.29 is 0 Å². The summed E-state index contributed by atoms with van der Waals surface area (Å²) in [4.78, 5) is 21.7. The Bertz CT molecular complexity index is 1260. The third-order valence-corrected chi connectivity index (χ3v) is 4.95. The molecule has 5 rings (SSSR count). The summed E-state index contributed by atoms with van der Waals surface area (Å²) in [6, 6.07) is 8.05. The molecule has 134 valence electrons. The van der Waals surface area contributed by atoms with Crippen LogP contribution in [-0.4, -0.2) is 34.5 Å². The molecule has 1 aromatic carbocycles. The van der Waals surface area contributed by atoms with E-state index in [9.17, 15) is 0 Å². The van der Waals surface area contributed by atoms with Crippen LogP contribution in [0.5, 0.6) is 0 Å². The largest absolute Gasteiger partial charge is 0.342 e. The molecule has 0 aliphatic rings. The van der Waals surface area contributed by atoms with Gasteiger partial charge < -0.3 is 4.98 Å². The Morgan fingerprint density at radius 1 is 1.11 bits per heavy atom. The molecule has 27 heavy (non-hydrogen) atoms. The normalized spacial score (nSPS) is 13.0. The van der Waals surface area contributed by atoms with Crippen molar-refractivity contribution in [3.05, 3.63) is 59.7 Å². The number of aromatic amines is 1. The molecule has 0 radical (unpaired) electrons. The van der Waals surface area contributed by atoms with Gasteiger partial charge in [0, 0.05) is 30.1 Å². The second-order valence-electron chi connectivity index (χ2n) is 7.01. The van der Waals surface area contributed by atoms with Crippen LogP contribution in [0.15, 0.2) is 36.7 Å². The van der Waals surface area contributed by atoms with Gasteiger partial charge in [-0.25, -0.2) is 14.5 Å². The topological polar surface area (TPSA) is 84.6 Å². The van der Waals surface area contributed by atoms with Crippen LogP contribution in [0.3, 0.4) is 0 Å². The molecule has 0 saturated heterocycles. The molecule has 4 aromatic heterocycles. The number of hydrogen-bond acceptors (Lipinski definition) is 5. The highest BCUT2D eigenvalue weighted by molar-refractivity contribution is 6.02. The molecule has 5 aromatic rings. The molecule has 1 unspecified atom stereocenters. The molecule has 7 nitrogen and oxygen atoms in total. The van der Waals surface area contributed by atoms with Gasteiger partial charge in [0.2, 0.25) is 0 Å².